The average Bonchev–Trinajstić information content (AvgIpc) is 3.03. The third-order valence-electron chi connectivity index (χ3n) is 7.26. The Kier molecular flexibility index (Phi) is 5.40. The van der Waals surface area contributed by atoms with Crippen LogP contribution in [0, 0.1) is 33.6 Å². The van der Waals surface area contributed by atoms with Crippen molar-refractivity contribution in [2.75, 3.05) is 0 Å². The molecule has 0 saturated carbocycles. The number of rotatable bonds is 0. The molecule has 28 heavy (non-hydrogen) atoms. The van der Waals surface area contributed by atoms with Gasteiger partial charge in [-0.25, -0.2) is 0 Å². The molecule has 0 spiro atoms. The van der Waals surface area contributed by atoms with Crippen LogP contribution in [0.3, 0.4) is 0 Å². The molecule has 0 saturated heterocycles. The summed E-state index contributed by atoms with van der Waals surface area (Å²) in [5.41, 5.74) is 13.6. The van der Waals surface area contributed by atoms with Gasteiger partial charge in [0.05, 0.1) is 0 Å². The van der Waals surface area contributed by atoms with Crippen molar-refractivity contribution in [3.8, 4) is 0 Å². The largest absolute Gasteiger partial charge is 0.294 e. The van der Waals surface area contributed by atoms with Crippen LogP contribution in [-0.2, 0) is 0 Å². The van der Waals surface area contributed by atoms with Crippen molar-refractivity contribution in [1.29, 1.82) is 0 Å². The van der Waals surface area contributed by atoms with E-state index in [4.69, 9.17) is 0 Å². The molecular formula is C27H34O. The van der Waals surface area contributed by atoms with Crippen LogP contribution in [0.2, 0.25) is 0 Å². The van der Waals surface area contributed by atoms with Crippen molar-refractivity contribution in [1.82, 2.24) is 0 Å². The summed E-state index contributed by atoms with van der Waals surface area (Å²) in [5.74, 6) is 1.49. The fourth-order valence-corrected chi connectivity index (χ4v) is 5.08. The minimum atomic E-state index is 0.157. The maximum Gasteiger partial charge on any atom is 0.166 e. The zero-order valence-electron chi connectivity index (χ0n) is 18.9. The molecule has 0 fully saturated rings. The Labute approximate surface area is 170 Å². The van der Waals surface area contributed by atoms with E-state index < -0.39 is 0 Å². The molecule has 0 aromatic heterocycles. The Morgan fingerprint density at radius 3 is 1.57 bits per heavy atom. The molecule has 0 radical (unpaired) electrons. The highest BCUT2D eigenvalue weighted by atomic mass is 16.1. The number of fused-ring (bicyclic) bond motifs is 2. The highest BCUT2D eigenvalue weighted by molar-refractivity contribution is 6.04. The Hall–Kier alpha value is -2.15. The van der Waals surface area contributed by atoms with Crippen molar-refractivity contribution >= 4 is 11.4 Å². The molecule has 148 valence electrons. The van der Waals surface area contributed by atoms with Crippen LogP contribution in [0.1, 0.15) is 95.8 Å². The van der Waals surface area contributed by atoms with Crippen molar-refractivity contribution in [3.63, 3.8) is 0 Å². The van der Waals surface area contributed by atoms with E-state index in [-0.39, 0.29) is 5.92 Å². The van der Waals surface area contributed by atoms with Crippen molar-refractivity contribution in [3.05, 3.63) is 74.3 Å². The van der Waals surface area contributed by atoms with Gasteiger partial charge < -0.3 is 0 Å². The van der Waals surface area contributed by atoms with E-state index in [1.54, 1.807) is 5.56 Å². The first-order valence-electron chi connectivity index (χ1n) is 10.5. The summed E-state index contributed by atoms with van der Waals surface area (Å²) in [6.07, 6.45) is 0. The van der Waals surface area contributed by atoms with Gasteiger partial charge in [-0.05, 0) is 92.0 Å². The molecule has 4 rings (SSSR count). The Balaban J connectivity index is 0.000000161. The van der Waals surface area contributed by atoms with Crippen LogP contribution in [-0.4, -0.2) is 5.78 Å². The highest BCUT2D eigenvalue weighted by Gasteiger charge is 2.35. The van der Waals surface area contributed by atoms with E-state index in [1.165, 1.54) is 39.0 Å². The second-order valence-corrected chi connectivity index (χ2v) is 8.95. The van der Waals surface area contributed by atoms with E-state index in [1.807, 2.05) is 13.8 Å². The predicted molar refractivity (Wildman–Crippen MR) is 120 cm³/mol. The lowest BCUT2D eigenvalue weighted by molar-refractivity contribution is 0.0936. The first kappa shape index (κ1) is 20.6. The second kappa shape index (κ2) is 7.35. The SMILES string of the molecule is CC1=C(C)C(C)c2c(C)ccc(C)c21.Cc1ccc(C)c2c1C(=O)C(C)C2C. The molecule has 3 unspecified atom stereocenters. The minimum absolute atomic E-state index is 0.157. The molecule has 0 N–H and O–H groups in total. The van der Waals surface area contributed by atoms with Gasteiger partial charge in [0, 0.05) is 17.4 Å². The van der Waals surface area contributed by atoms with Crippen LogP contribution in [0.5, 0.6) is 0 Å². The molecule has 2 aliphatic carbocycles. The highest BCUT2D eigenvalue weighted by Crippen LogP contribution is 2.44. The molecule has 0 amide bonds. The van der Waals surface area contributed by atoms with E-state index in [0.29, 0.717) is 17.6 Å². The second-order valence-electron chi connectivity index (χ2n) is 8.95. The molecule has 0 bridgehead atoms. The molecule has 1 heteroatoms. The standard InChI is InChI=1S/C14H18.C13H16O/c1-8-6-7-9(2)14-12(5)10(3)11(4)13(8)14;1-7-5-6-8(2)12-11(7)9(3)10(4)13(12)14/h6-7,11H,1-5H3;5-6,9-10H,1-4H3. The zero-order valence-corrected chi connectivity index (χ0v) is 18.9. The fourth-order valence-electron chi connectivity index (χ4n) is 5.08. The normalized spacial score (nSPS) is 22.8. The van der Waals surface area contributed by atoms with Gasteiger partial charge in [0.1, 0.15) is 0 Å². The Morgan fingerprint density at radius 2 is 1.07 bits per heavy atom. The topological polar surface area (TPSA) is 17.1 Å². The van der Waals surface area contributed by atoms with Gasteiger partial charge in [-0.15, -0.1) is 0 Å². The maximum atomic E-state index is 12.0. The lowest BCUT2D eigenvalue weighted by Crippen LogP contribution is -2.06. The molecule has 0 heterocycles. The van der Waals surface area contributed by atoms with E-state index in [9.17, 15) is 4.79 Å². The molecular weight excluding hydrogens is 340 g/mol. The number of hydrogen-bond acceptors (Lipinski definition) is 1. The Bertz CT molecular complexity index is 990. The van der Waals surface area contributed by atoms with Gasteiger partial charge in [0.15, 0.2) is 5.78 Å². The summed E-state index contributed by atoms with van der Waals surface area (Å²) in [6.45, 7) is 19.6. The number of benzene rings is 2. The molecule has 1 nitrogen and oxygen atoms in total. The molecule has 3 atom stereocenters. The quantitative estimate of drug-likeness (QED) is 0.468. The first-order valence-corrected chi connectivity index (χ1v) is 10.5. The zero-order chi connectivity index (χ0) is 20.9. The number of Topliss-reactive ketones (excluding diaryl/α,β-unsaturated/α-hetero) is 1. The molecule has 0 aliphatic heterocycles. The van der Waals surface area contributed by atoms with E-state index in [0.717, 1.165) is 11.1 Å². The molecule has 2 aliphatic rings. The third kappa shape index (κ3) is 3.05. The van der Waals surface area contributed by atoms with Gasteiger partial charge in [0.2, 0.25) is 0 Å². The van der Waals surface area contributed by atoms with Crippen LogP contribution >= 0.6 is 0 Å². The minimum Gasteiger partial charge on any atom is -0.294 e. The Morgan fingerprint density at radius 1 is 0.607 bits per heavy atom. The number of carbonyl (C=O) groups is 1. The predicted octanol–water partition coefficient (Wildman–Crippen LogP) is 7.45. The number of carbonyl (C=O) groups excluding carboxylic acids is 1. The van der Waals surface area contributed by atoms with Gasteiger partial charge in [0.25, 0.3) is 0 Å². The molecule has 2 aromatic rings. The average molecular weight is 375 g/mol. The van der Waals surface area contributed by atoms with E-state index >= 15 is 0 Å². The summed E-state index contributed by atoms with van der Waals surface area (Å²) < 4.78 is 0. The van der Waals surface area contributed by atoms with E-state index in [2.05, 4.69) is 72.7 Å². The summed E-state index contributed by atoms with van der Waals surface area (Å²) in [6, 6.07) is 8.66. The lowest BCUT2D eigenvalue weighted by atomic mass is 9.92. The molecule has 2 aromatic carbocycles. The fraction of sp³-hybridized carbons (Fsp3) is 0.444. The van der Waals surface area contributed by atoms with Crippen molar-refractivity contribution in [2.45, 2.75) is 74.1 Å². The first-order chi connectivity index (χ1) is 13.1. The number of allylic oxidation sites excluding steroid dienone is 2. The van der Waals surface area contributed by atoms with Crippen LogP contribution in [0.4, 0.5) is 0 Å². The van der Waals surface area contributed by atoms with Gasteiger partial charge >= 0.3 is 0 Å². The monoisotopic (exact) mass is 374 g/mol. The number of ketones is 1. The third-order valence-corrected chi connectivity index (χ3v) is 7.26. The van der Waals surface area contributed by atoms with Gasteiger partial charge in [-0.2, -0.15) is 0 Å². The maximum absolute atomic E-state index is 12.0. The number of hydrogen-bond donors (Lipinski definition) is 0. The van der Waals surface area contributed by atoms with Crippen LogP contribution in [0.25, 0.3) is 5.57 Å². The van der Waals surface area contributed by atoms with Gasteiger partial charge in [-0.3, -0.25) is 4.79 Å². The lowest BCUT2D eigenvalue weighted by Gasteiger charge is -2.12. The van der Waals surface area contributed by atoms with Crippen LogP contribution in [0.15, 0.2) is 29.8 Å². The summed E-state index contributed by atoms with van der Waals surface area (Å²) in [7, 11) is 0. The smallest absolute Gasteiger partial charge is 0.166 e. The van der Waals surface area contributed by atoms with Crippen LogP contribution < -0.4 is 0 Å². The number of aryl methyl sites for hydroxylation is 4. The summed E-state index contributed by atoms with van der Waals surface area (Å²) in [4.78, 5) is 12.0. The van der Waals surface area contributed by atoms with Gasteiger partial charge in [-0.1, -0.05) is 50.6 Å². The summed E-state index contributed by atoms with van der Waals surface area (Å²) in [5, 5.41) is 0. The van der Waals surface area contributed by atoms with Crippen molar-refractivity contribution in [2.24, 2.45) is 5.92 Å². The summed E-state index contributed by atoms with van der Waals surface area (Å²) >= 11 is 0. The van der Waals surface area contributed by atoms with Crippen molar-refractivity contribution < 1.29 is 4.79 Å².